The molecule has 0 bridgehead atoms. The smallest absolute Gasteiger partial charge is 0.270 e. The van der Waals surface area contributed by atoms with E-state index in [9.17, 15) is 13.5 Å². The van der Waals surface area contributed by atoms with E-state index in [1.807, 2.05) is 0 Å². The second-order valence-electron chi connectivity index (χ2n) is 8.83. The second kappa shape index (κ2) is 19.8. The molecule has 0 saturated heterocycles. The van der Waals surface area contributed by atoms with Gasteiger partial charge in [-0.3, -0.25) is 4.55 Å². The van der Waals surface area contributed by atoms with Crippen LogP contribution in [0.1, 0.15) is 142 Å². The molecular formula is C24H50O4S. The maximum absolute atomic E-state index is 11.2. The first-order valence-electron chi connectivity index (χ1n) is 12.6. The van der Waals surface area contributed by atoms with Crippen molar-refractivity contribution in [3.05, 3.63) is 0 Å². The molecule has 0 spiro atoms. The lowest BCUT2D eigenvalue weighted by Gasteiger charge is -2.18. The van der Waals surface area contributed by atoms with Gasteiger partial charge in [0, 0.05) is 0 Å². The van der Waals surface area contributed by atoms with Crippen molar-refractivity contribution >= 4 is 10.1 Å². The first-order valence-corrected chi connectivity index (χ1v) is 14.1. The van der Waals surface area contributed by atoms with Crippen LogP contribution in [0.15, 0.2) is 0 Å². The molecule has 0 amide bonds. The number of aliphatic hydroxyl groups excluding tert-OH is 1. The molecule has 2 unspecified atom stereocenters. The fraction of sp³-hybridized carbons (Fsp3) is 1.00. The van der Waals surface area contributed by atoms with Gasteiger partial charge in [0.05, 0.1) is 6.10 Å². The van der Waals surface area contributed by atoms with E-state index < -0.39 is 21.5 Å². The summed E-state index contributed by atoms with van der Waals surface area (Å²) in [7, 11) is -4.14. The first kappa shape index (κ1) is 28.9. The third-order valence-corrected chi connectivity index (χ3v) is 7.48. The highest BCUT2D eigenvalue weighted by Crippen LogP contribution is 2.17. The van der Waals surface area contributed by atoms with Crippen molar-refractivity contribution in [1.29, 1.82) is 0 Å². The van der Waals surface area contributed by atoms with Crippen LogP contribution in [0.25, 0.3) is 0 Å². The largest absolute Gasteiger partial charge is 0.392 e. The molecule has 0 heterocycles. The van der Waals surface area contributed by atoms with Crippen LogP contribution in [0, 0.1) is 0 Å². The molecule has 5 heteroatoms. The summed E-state index contributed by atoms with van der Waals surface area (Å²) >= 11 is 0. The average Bonchev–Trinajstić information content (AvgIpc) is 2.66. The zero-order valence-corrected chi connectivity index (χ0v) is 20.2. The van der Waals surface area contributed by atoms with E-state index in [1.54, 1.807) is 6.92 Å². The Hall–Kier alpha value is -0.130. The molecule has 0 fully saturated rings. The van der Waals surface area contributed by atoms with Crippen molar-refractivity contribution < 1.29 is 18.1 Å². The zero-order chi connectivity index (χ0) is 21.8. The highest BCUT2D eigenvalue weighted by Gasteiger charge is 2.28. The number of hydrogen-bond acceptors (Lipinski definition) is 3. The van der Waals surface area contributed by atoms with E-state index in [-0.39, 0.29) is 6.42 Å². The molecule has 0 aromatic heterocycles. The Morgan fingerprint density at radius 2 is 0.897 bits per heavy atom. The van der Waals surface area contributed by atoms with Gasteiger partial charge >= 0.3 is 0 Å². The molecule has 2 N–H and O–H groups in total. The van der Waals surface area contributed by atoms with Gasteiger partial charge in [-0.15, -0.1) is 0 Å². The van der Waals surface area contributed by atoms with Gasteiger partial charge in [-0.1, -0.05) is 129 Å². The minimum Gasteiger partial charge on any atom is -0.392 e. The lowest BCUT2D eigenvalue weighted by molar-refractivity contribution is 0.149. The molecule has 0 aliphatic heterocycles. The van der Waals surface area contributed by atoms with Gasteiger partial charge in [-0.2, -0.15) is 8.42 Å². The SMILES string of the molecule is CCCCCCCCCCCCCCCCCCCCC(O)C(CC)S(=O)(=O)O. The van der Waals surface area contributed by atoms with Crippen LogP contribution in [-0.2, 0) is 10.1 Å². The van der Waals surface area contributed by atoms with Crippen molar-refractivity contribution in [2.75, 3.05) is 0 Å². The van der Waals surface area contributed by atoms with Gasteiger partial charge in [0.25, 0.3) is 10.1 Å². The van der Waals surface area contributed by atoms with Crippen LogP contribution in [0.2, 0.25) is 0 Å². The van der Waals surface area contributed by atoms with Gasteiger partial charge < -0.3 is 5.11 Å². The predicted molar refractivity (Wildman–Crippen MR) is 125 cm³/mol. The minimum absolute atomic E-state index is 0.249. The molecule has 2 atom stereocenters. The minimum atomic E-state index is -4.14. The van der Waals surface area contributed by atoms with E-state index in [2.05, 4.69) is 6.92 Å². The molecule has 29 heavy (non-hydrogen) atoms. The van der Waals surface area contributed by atoms with Gasteiger partial charge in [-0.25, -0.2) is 0 Å². The lowest BCUT2D eigenvalue weighted by Crippen LogP contribution is -2.33. The molecule has 0 aliphatic rings. The molecule has 0 radical (unpaired) electrons. The Morgan fingerprint density at radius 3 is 1.17 bits per heavy atom. The van der Waals surface area contributed by atoms with Crippen LogP contribution < -0.4 is 0 Å². The third kappa shape index (κ3) is 18.4. The van der Waals surface area contributed by atoms with Gasteiger partial charge in [0.2, 0.25) is 0 Å². The molecule has 0 aromatic rings. The highest BCUT2D eigenvalue weighted by molar-refractivity contribution is 7.86. The predicted octanol–water partition coefficient (Wildman–Crippen LogP) is 7.45. The third-order valence-electron chi connectivity index (χ3n) is 6.07. The molecule has 0 rings (SSSR count). The van der Waals surface area contributed by atoms with E-state index >= 15 is 0 Å². The number of hydrogen-bond donors (Lipinski definition) is 2. The van der Waals surface area contributed by atoms with E-state index in [4.69, 9.17) is 4.55 Å². The van der Waals surface area contributed by atoms with Crippen LogP contribution in [0.5, 0.6) is 0 Å². The number of rotatable bonds is 22. The maximum Gasteiger partial charge on any atom is 0.270 e. The average molecular weight is 435 g/mol. The molecule has 0 aromatic carbocycles. The summed E-state index contributed by atoms with van der Waals surface area (Å²) < 4.78 is 31.5. The maximum atomic E-state index is 11.2. The van der Waals surface area contributed by atoms with Crippen molar-refractivity contribution in [1.82, 2.24) is 0 Å². The Morgan fingerprint density at radius 1 is 0.586 bits per heavy atom. The van der Waals surface area contributed by atoms with Crippen molar-refractivity contribution in [3.8, 4) is 0 Å². The highest BCUT2D eigenvalue weighted by atomic mass is 32.2. The Labute approximate surface area is 182 Å². The van der Waals surface area contributed by atoms with Gasteiger partial charge in [-0.05, 0) is 12.8 Å². The lowest BCUT2D eigenvalue weighted by atomic mass is 10.0. The summed E-state index contributed by atoms with van der Waals surface area (Å²) in [5, 5.41) is 8.91. The summed E-state index contributed by atoms with van der Waals surface area (Å²) in [5.41, 5.74) is 0. The fourth-order valence-corrected chi connectivity index (χ4v) is 5.08. The summed E-state index contributed by atoms with van der Waals surface area (Å²) in [5.74, 6) is 0. The number of aliphatic hydroxyl groups is 1. The zero-order valence-electron chi connectivity index (χ0n) is 19.4. The first-order chi connectivity index (χ1) is 13.9. The number of unbranched alkanes of at least 4 members (excludes halogenated alkanes) is 17. The standard InChI is InChI=1S/C24H50O4S/c1-3-5-6-7-8-9-10-11-12-13-14-15-16-17-18-19-20-21-22-23(25)24(4-2)29(26,27)28/h23-25H,3-22H2,1-2H3,(H,26,27,28). The second-order valence-corrected chi connectivity index (χ2v) is 10.5. The molecule has 4 nitrogen and oxygen atoms in total. The van der Waals surface area contributed by atoms with E-state index in [1.165, 1.54) is 96.3 Å². The van der Waals surface area contributed by atoms with Gasteiger partial charge in [0.1, 0.15) is 5.25 Å². The van der Waals surface area contributed by atoms with Crippen LogP contribution in [0.4, 0.5) is 0 Å². The fourth-order valence-electron chi connectivity index (χ4n) is 4.12. The Balaban J connectivity index is 3.30. The molecule has 0 saturated carbocycles. The molecule has 0 aliphatic carbocycles. The molecule has 176 valence electrons. The summed E-state index contributed by atoms with van der Waals surface area (Å²) in [6, 6.07) is 0. The topological polar surface area (TPSA) is 74.6 Å². The van der Waals surface area contributed by atoms with Crippen LogP contribution in [0.3, 0.4) is 0 Å². The quantitative estimate of drug-likeness (QED) is 0.137. The van der Waals surface area contributed by atoms with Crippen LogP contribution >= 0.6 is 0 Å². The van der Waals surface area contributed by atoms with Crippen molar-refractivity contribution in [2.24, 2.45) is 0 Å². The van der Waals surface area contributed by atoms with Crippen molar-refractivity contribution in [3.63, 3.8) is 0 Å². The Bertz CT molecular complexity index is 436. The normalized spacial score (nSPS) is 14.2. The van der Waals surface area contributed by atoms with E-state index in [0.29, 0.717) is 6.42 Å². The molecular weight excluding hydrogens is 384 g/mol. The Kier molecular flexibility index (Phi) is 19.7. The van der Waals surface area contributed by atoms with Crippen molar-refractivity contribution in [2.45, 2.75) is 154 Å². The van der Waals surface area contributed by atoms with Crippen LogP contribution in [-0.4, -0.2) is 29.4 Å². The monoisotopic (exact) mass is 434 g/mol. The van der Waals surface area contributed by atoms with Gasteiger partial charge in [0.15, 0.2) is 0 Å². The van der Waals surface area contributed by atoms with E-state index in [0.717, 1.165) is 19.3 Å². The summed E-state index contributed by atoms with van der Waals surface area (Å²) in [4.78, 5) is 0. The summed E-state index contributed by atoms with van der Waals surface area (Å²) in [6.07, 6.45) is 23.4. The summed E-state index contributed by atoms with van der Waals surface area (Å²) in [6.45, 7) is 3.95.